The number of ether oxygens (including phenoxy) is 1. The molecule has 10 heteroatoms. The van der Waals surface area contributed by atoms with Crippen molar-refractivity contribution in [2.24, 2.45) is 12.5 Å². The molecular weight excluding hydrogens is 506 g/mol. The second-order valence-electron chi connectivity index (χ2n) is 11.9. The van der Waals surface area contributed by atoms with E-state index in [0.29, 0.717) is 43.6 Å². The van der Waals surface area contributed by atoms with Crippen molar-refractivity contribution in [2.75, 3.05) is 23.4 Å². The van der Waals surface area contributed by atoms with Crippen LogP contribution in [0.2, 0.25) is 0 Å². The summed E-state index contributed by atoms with van der Waals surface area (Å²) in [6.07, 6.45) is 5.56. The van der Waals surface area contributed by atoms with Crippen molar-refractivity contribution in [2.45, 2.75) is 53.3 Å². The molecule has 2 aliphatic heterocycles. The molecule has 0 spiro atoms. The fourth-order valence-electron chi connectivity index (χ4n) is 6.46. The van der Waals surface area contributed by atoms with Crippen molar-refractivity contribution >= 4 is 23.2 Å². The quantitative estimate of drug-likeness (QED) is 0.424. The summed E-state index contributed by atoms with van der Waals surface area (Å²) in [5.74, 6) is 1.25. The summed E-state index contributed by atoms with van der Waals surface area (Å²) in [5.41, 5.74) is 7.51. The largest absolute Gasteiger partial charge is 0.373 e. The van der Waals surface area contributed by atoms with Gasteiger partial charge in [-0.1, -0.05) is 13.8 Å². The van der Waals surface area contributed by atoms with E-state index in [4.69, 9.17) is 4.74 Å². The summed E-state index contributed by atoms with van der Waals surface area (Å²) in [7, 11) is 1.74. The van der Waals surface area contributed by atoms with E-state index < -0.39 is 0 Å². The first-order valence-corrected chi connectivity index (χ1v) is 13.8. The van der Waals surface area contributed by atoms with Gasteiger partial charge in [0.25, 0.3) is 11.5 Å². The highest BCUT2D eigenvalue weighted by molar-refractivity contribution is 6.06. The second-order valence-corrected chi connectivity index (χ2v) is 11.9. The molecule has 0 aromatic carbocycles. The van der Waals surface area contributed by atoms with Crippen molar-refractivity contribution in [1.82, 2.24) is 23.9 Å². The summed E-state index contributed by atoms with van der Waals surface area (Å²) in [6.45, 7) is 9.71. The number of nitrogens with one attached hydrogen (secondary N) is 1. The van der Waals surface area contributed by atoms with Crippen molar-refractivity contribution in [3.63, 3.8) is 0 Å². The van der Waals surface area contributed by atoms with Crippen molar-refractivity contribution in [3.05, 3.63) is 75.2 Å². The van der Waals surface area contributed by atoms with Crippen LogP contribution in [0.4, 0.5) is 17.3 Å². The van der Waals surface area contributed by atoms with Crippen LogP contribution in [0.5, 0.6) is 0 Å². The fourth-order valence-corrected chi connectivity index (χ4v) is 6.46. The third-order valence-electron chi connectivity index (χ3n) is 8.38. The van der Waals surface area contributed by atoms with Gasteiger partial charge in [0.05, 0.1) is 25.5 Å². The zero-order valence-electron chi connectivity index (χ0n) is 23.3. The fraction of sp³-hybridized carbons (Fsp3) is 0.400. The minimum atomic E-state index is -0.152. The number of carbonyl (C=O) groups is 1. The number of pyridine rings is 2. The summed E-state index contributed by atoms with van der Waals surface area (Å²) in [5, 5.41) is 7.80. The molecule has 1 amide bonds. The van der Waals surface area contributed by atoms with Gasteiger partial charge in [0.1, 0.15) is 17.2 Å². The summed E-state index contributed by atoms with van der Waals surface area (Å²) in [4.78, 5) is 33.2. The highest BCUT2D eigenvalue weighted by Crippen LogP contribution is 2.40. The van der Waals surface area contributed by atoms with Gasteiger partial charge in [-0.3, -0.25) is 19.2 Å². The molecule has 6 heterocycles. The van der Waals surface area contributed by atoms with E-state index >= 15 is 0 Å². The Kier molecular flexibility index (Phi) is 5.54. The Labute approximate surface area is 232 Å². The van der Waals surface area contributed by atoms with Crippen molar-refractivity contribution in [1.29, 1.82) is 0 Å². The Morgan fingerprint density at radius 2 is 1.93 bits per heavy atom. The van der Waals surface area contributed by atoms with E-state index in [1.807, 2.05) is 36.0 Å². The van der Waals surface area contributed by atoms with Crippen LogP contribution in [0.3, 0.4) is 0 Å². The highest BCUT2D eigenvalue weighted by Gasteiger charge is 2.37. The Morgan fingerprint density at radius 1 is 1.07 bits per heavy atom. The van der Waals surface area contributed by atoms with Crippen LogP contribution in [-0.4, -0.2) is 43.0 Å². The molecule has 0 bridgehead atoms. The van der Waals surface area contributed by atoms with E-state index in [2.05, 4.69) is 39.9 Å². The molecule has 0 atom stereocenters. The monoisotopic (exact) mass is 539 g/mol. The minimum Gasteiger partial charge on any atom is -0.373 e. The van der Waals surface area contributed by atoms with Crippen LogP contribution >= 0.6 is 0 Å². The zero-order valence-corrected chi connectivity index (χ0v) is 23.3. The first-order valence-electron chi connectivity index (χ1n) is 13.8. The van der Waals surface area contributed by atoms with E-state index in [-0.39, 0.29) is 16.9 Å². The molecule has 0 saturated carbocycles. The zero-order chi connectivity index (χ0) is 27.8. The first kappa shape index (κ1) is 24.8. The Morgan fingerprint density at radius 3 is 2.75 bits per heavy atom. The van der Waals surface area contributed by atoms with Crippen LogP contribution in [0.1, 0.15) is 46.9 Å². The predicted molar refractivity (Wildman–Crippen MR) is 152 cm³/mol. The number of anilines is 3. The third kappa shape index (κ3) is 3.97. The smallest absolute Gasteiger partial charge is 0.276 e. The Balaban J connectivity index is 1.21. The summed E-state index contributed by atoms with van der Waals surface area (Å²) < 4.78 is 11.2. The van der Waals surface area contributed by atoms with E-state index in [9.17, 15) is 9.59 Å². The van der Waals surface area contributed by atoms with Gasteiger partial charge in [0.15, 0.2) is 5.82 Å². The SMILES string of the molecule is Cc1c(-c2cc(Nc3cc4n(n3)CCOC4)c(=O)n(C)c2)ccnc1N1CCn2c(cc3c2CC(C)(C)C3)C1=O. The van der Waals surface area contributed by atoms with Crippen LogP contribution in [0.15, 0.2) is 41.5 Å². The number of fused-ring (bicyclic) bond motifs is 4. The number of aryl methyl sites for hydroxylation is 1. The van der Waals surface area contributed by atoms with E-state index in [1.165, 1.54) is 11.3 Å². The number of rotatable bonds is 4. The van der Waals surface area contributed by atoms with Crippen LogP contribution < -0.4 is 15.8 Å². The minimum absolute atomic E-state index is 0.0123. The number of hydrogen-bond acceptors (Lipinski definition) is 6. The maximum Gasteiger partial charge on any atom is 0.276 e. The summed E-state index contributed by atoms with van der Waals surface area (Å²) >= 11 is 0. The van der Waals surface area contributed by atoms with Gasteiger partial charge in [-0.2, -0.15) is 5.10 Å². The standard InChI is InChI=1S/C30H33N7O3/c1-18-22(20-11-23(28(38)34(4)16-20)32-26-13-21-17-40-10-9-37(21)33-26)5-6-31-27(18)36-8-7-35-24(29(36)39)12-19-14-30(2,3)15-25(19)35/h5-6,11-13,16H,7-10,14-15,17H2,1-4H3,(H,32,33). The molecule has 0 radical (unpaired) electrons. The Hall–Kier alpha value is -4.18. The molecule has 4 aromatic rings. The van der Waals surface area contributed by atoms with Gasteiger partial charge >= 0.3 is 0 Å². The molecule has 0 unspecified atom stereocenters. The lowest BCUT2D eigenvalue weighted by Gasteiger charge is -2.30. The van der Waals surface area contributed by atoms with Gasteiger partial charge in [0, 0.05) is 49.9 Å². The number of carbonyl (C=O) groups excluding carboxylic acids is 1. The second kappa shape index (κ2) is 8.92. The van der Waals surface area contributed by atoms with Gasteiger partial charge in [-0.05, 0) is 60.1 Å². The van der Waals surface area contributed by atoms with Crippen LogP contribution in [-0.2, 0) is 44.3 Å². The first-order chi connectivity index (χ1) is 19.2. The van der Waals surface area contributed by atoms with Gasteiger partial charge in [0.2, 0.25) is 0 Å². The molecule has 0 fully saturated rings. The van der Waals surface area contributed by atoms with Crippen molar-refractivity contribution < 1.29 is 9.53 Å². The average Bonchev–Trinajstić information content (AvgIpc) is 3.57. The molecule has 1 N–H and O–H groups in total. The number of nitrogens with zero attached hydrogens (tertiary/aromatic N) is 6. The van der Waals surface area contributed by atoms with Gasteiger partial charge < -0.3 is 19.2 Å². The number of aromatic nitrogens is 5. The van der Waals surface area contributed by atoms with Crippen molar-refractivity contribution in [3.8, 4) is 11.1 Å². The number of hydrogen-bond donors (Lipinski definition) is 1. The number of amides is 1. The third-order valence-corrected chi connectivity index (χ3v) is 8.38. The highest BCUT2D eigenvalue weighted by atomic mass is 16.5. The van der Waals surface area contributed by atoms with Crippen LogP contribution in [0.25, 0.3) is 11.1 Å². The van der Waals surface area contributed by atoms with E-state index in [0.717, 1.165) is 47.5 Å². The molecular formula is C30H33N7O3. The lowest BCUT2D eigenvalue weighted by Crippen LogP contribution is -2.41. The molecule has 206 valence electrons. The molecule has 3 aliphatic rings. The molecule has 1 aliphatic carbocycles. The summed E-state index contributed by atoms with van der Waals surface area (Å²) in [6, 6.07) is 7.78. The molecule has 7 rings (SSSR count). The maximum absolute atomic E-state index is 13.7. The lowest BCUT2D eigenvalue weighted by atomic mass is 9.90. The maximum atomic E-state index is 13.7. The lowest BCUT2D eigenvalue weighted by molar-refractivity contribution is 0.0801. The normalized spacial score (nSPS) is 17.5. The van der Waals surface area contributed by atoms with Crippen LogP contribution in [0, 0.1) is 12.3 Å². The molecule has 40 heavy (non-hydrogen) atoms. The predicted octanol–water partition coefficient (Wildman–Crippen LogP) is 3.81. The van der Waals surface area contributed by atoms with Gasteiger partial charge in [-0.25, -0.2) is 4.98 Å². The average molecular weight is 540 g/mol. The molecule has 0 saturated heterocycles. The topological polar surface area (TPSA) is 99.2 Å². The van der Waals surface area contributed by atoms with Gasteiger partial charge in [-0.15, -0.1) is 0 Å². The molecule has 10 nitrogen and oxygen atoms in total. The Bertz CT molecular complexity index is 1720. The van der Waals surface area contributed by atoms with E-state index in [1.54, 1.807) is 22.7 Å². The molecule has 4 aromatic heterocycles.